The molecule has 0 spiro atoms. The summed E-state index contributed by atoms with van der Waals surface area (Å²) in [5.41, 5.74) is 0.262. The Bertz CT molecular complexity index is 215. The van der Waals surface area contributed by atoms with E-state index in [2.05, 4.69) is 11.8 Å². The standard InChI is InChI=1S/C15H29NO/c1-2-5-14-6-10-16(11-7-14)12-15(13-17)8-3-4-9-15/h14,17H,2-13H2,1H3. The van der Waals surface area contributed by atoms with Crippen molar-refractivity contribution in [2.75, 3.05) is 26.2 Å². The summed E-state index contributed by atoms with van der Waals surface area (Å²) in [5.74, 6) is 0.977. The van der Waals surface area contributed by atoms with E-state index in [4.69, 9.17) is 0 Å². The van der Waals surface area contributed by atoms with Gasteiger partial charge >= 0.3 is 0 Å². The third-order valence-electron chi connectivity index (χ3n) is 4.96. The fraction of sp³-hybridized carbons (Fsp3) is 1.00. The van der Waals surface area contributed by atoms with Crippen molar-refractivity contribution in [3.8, 4) is 0 Å². The Labute approximate surface area is 106 Å². The lowest BCUT2D eigenvalue weighted by molar-refractivity contribution is 0.0601. The van der Waals surface area contributed by atoms with Gasteiger partial charge in [-0.3, -0.25) is 0 Å². The molecular formula is C15H29NO. The molecule has 0 aromatic carbocycles. The average Bonchev–Trinajstić information content (AvgIpc) is 2.81. The Kier molecular flexibility index (Phi) is 4.87. The van der Waals surface area contributed by atoms with Gasteiger partial charge in [-0.05, 0) is 44.7 Å². The maximum Gasteiger partial charge on any atom is 0.0499 e. The molecule has 2 nitrogen and oxygen atoms in total. The van der Waals surface area contributed by atoms with Crippen molar-refractivity contribution in [2.24, 2.45) is 11.3 Å². The van der Waals surface area contributed by atoms with Gasteiger partial charge in [-0.15, -0.1) is 0 Å². The van der Waals surface area contributed by atoms with Crippen LogP contribution in [0.4, 0.5) is 0 Å². The van der Waals surface area contributed by atoms with Gasteiger partial charge in [0.05, 0.1) is 0 Å². The van der Waals surface area contributed by atoms with Gasteiger partial charge in [-0.1, -0.05) is 32.6 Å². The summed E-state index contributed by atoms with van der Waals surface area (Å²) in [5, 5.41) is 9.66. The quantitative estimate of drug-likeness (QED) is 0.797. The van der Waals surface area contributed by atoms with E-state index in [1.807, 2.05) is 0 Å². The molecule has 0 atom stereocenters. The first-order chi connectivity index (χ1) is 8.28. The third kappa shape index (κ3) is 3.45. The minimum atomic E-state index is 0.262. The lowest BCUT2D eigenvalue weighted by Crippen LogP contribution is -2.42. The van der Waals surface area contributed by atoms with Crippen LogP contribution in [-0.4, -0.2) is 36.2 Å². The van der Waals surface area contributed by atoms with Crippen molar-refractivity contribution in [2.45, 2.75) is 58.3 Å². The largest absolute Gasteiger partial charge is 0.396 e. The molecule has 1 aliphatic heterocycles. The van der Waals surface area contributed by atoms with Gasteiger partial charge in [0, 0.05) is 18.6 Å². The van der Waals surface area contributed by atoms with E-state index in [9.17, 15) is 5.11 Å². The van der Waals surface area contributed by atoms with Crippen LogP contribution in [-0.2, 0) is 0 Å². The van der Waals surface area contributed by atoms with Crippen molar-refractivity contribution in [3.05, 3.63) is 0 Å². The highest BCUT2D eigenvalue weighted by Gasteiger charge is 2.35. The van der Waals surface area contributed by atoms with Gasteiger partial charge in [0.25, 0.3) is 0 Å². The summed E-state index contributed by atoms with van der Waals surface area (Å²) in [6.07, 6.45) is 10.7. The SMILES string of the molecule is CCCC1CCN(CC2(CO)CCCC2)CC1. The predicted molar refractivity (Wildman–Crippen MR) is 72.1 cm³/mol. The molecule has 0 aromatic rings. The number of rotatable bonds is 5. The van der Waals surface area contributed by atoms with E-state index < -0.39 is 0 Å². The molecule has 2 fully saturated rings. The number of aliphatic hydroxyl groups excluding tert-OH is 1. The molecule has 1 heterocycles. The fourth-order valence-electron chi connectivity index (χ4n) is 3.81. The summed E-state index contributed by atoms with van der Waals surface area (Å²) in [6.45, 7) is 6.40. The number of likely N-dealkylation sites (tertiary alicyclic amines) is 1. The molecule has 1 N–H and O–H groups in total. The normalized spacial score (nSPS) is 26.5. The second-order valence-electron chi connectivity index (χ2n) is 6.37. The average molecular weight is 239 g/mol. The predicted octanol–water partition coefficient (Wildman–Crippen LogP) is 3.05. The second-order valence-corrected chi connectivity index (χ2v) is 6.37. The first kappa shape index (κ1) is 13.4. The van der Waals surface area contributed by atoms with Crippen LogP contribution in [0.25, 0.3) is 0 Å². The fourth-order valence-corrected chi connectivity index (χ4v) is 3.81. The van der Waals surface area contributed by atoms with Crippen LogP contribution in [0.2, 0.25) is 0 Å². The van der Waals surface area contributed by atoms with Crippen LogP contribution in [0.5, 0.6) is 0 Å². The molecule has 0 bridgehead atoms. The summed E-state index contributed by atoms with van der Waals surface area (Å²) in [6, 6.07) is 0. The van der Waals surface area contributed by atoms with Crippen molar-refractivity contribution in [1.29, 1.82) is 0 Å². The van der Waals surface area contributed by atoms with E-state index >= 15 is 0 Å². The zero-order chi connectivity index (χ0) is 12.1. The molecule has 0 unspecified atom stereocenters. The molecule has 100 valence electrons. The topological polar surface area (TPSA) is 23.5 Å². The van der Waals surface area contributed by atoms with Crippen molar-refractivity contribution >= 4 is 0 Å². The van der Waals surface area contributed by atoms with Crippen LogP contribution in [0.15, 0.2) is 0 Å². The van der Waals surface area contributed by atoms with Gasteiger partial charge in [-0.2, -0.15) is 0 Å². The third-order valence-corrected chi connectivity index (χ3v) is 4.96. The summed E-state index contributed by atoms with van der Waals surface area (Å²) in [4.78, 5) is 2.62. The number of piperidine rings is 1. The Balaban J connectivity index is 1.77. The van der Waals surface area contributed by atoms with E-state index in [0.29, 0.717) is 6.61 Å². The molecule has 0 radical (unpaired) electrons. The molecule has 2 rings (SSSR count). The minimum absolute atomic E-state index is 0.262. The van der Waals surface area contributed by atoms with Crippen molar-refractivity contribution in [3.63, 3.8) is 0 Å². The summed E-state index contributed by atoms with van der Waals surface area (Å²) >= 11 is 0. The molecule has 2 aliphatic rings. The smallest absolute Gasteiger partial charge is 0.0499 e. The Morgan fingerprint density at radius 1 is 1.18 bits per heavy atom. The Hall–Kier alpha value is -0.0800. The molecule has 1 saturated heterocycles. The molecular weight excluding hydrogens is 210 g/mol. The van der Waals surface area contributed by atoms with E-state index in [-0.39, 0.29) is 5.41 Å². The van der Waals surface area contributed by atoms with Crippen molar-refractivity contribution in [1.82, 2.24) is 4.90 Å². The molecule has 2 heteroatoms. The minimum Gasteiger partial charge on any atom is -0.396 e. The lowest BCUT2D eigenvalue weighted by atomic mass is 9.85. The maximum absolute atomic E-state index is 9.66. The summed E-state index contributed by atoms with van der Waals surface area (Å²) in [7, 11) is 0. The van der Waals surface area contributed by atoms with Gasteiger partial charge in [-0.25, -0.2) is 0 Å². The Morgan fingerprint density at radius 3 is 2.35 bits per heavy atom. The van der Waals surface area contributed by atoms with E-state index in [1.54, 1.807) is 0 Å². The van der Waals surface area contributed by atoms with Crippen LogP contribution >= 0.6 is 0 Å². The number of hydrogen-bond donors (Lipinski definition) is 1. The van der Waals surface area contributed by atoms with E-state index in [0.717, 1.165) is 12.5 Å². The van der Waals surface area contributed by atoms with Crippen molar-refractivity contribution < 1.29 is 5.11 Å². The van der Waals surface area contributed by atoms with Crippen LogP contribution in [0.1, 0.15) is 58.3 Å². The zero-order valence-electron chi connectivity index (χ0n) is 11.5. The zero-order valence-corrected chi connectivity index (χ0v) is 11.5. The monoisotopic (exact) mass is 239 g/mol. The molecule has 1 saturated carbocycles. The van der Waals surface area contributed by atoms with Crippen LogP contribution in [0, 0.1) is 11.3 Å². The first-order valence-electron chi connectivity index (χ1n) is 7.61. The maximum atomic E-state index is 9.66. The highest BCUT2D eigenvalue weighted by Crippen LogP contribution is 2.39. The molecule has 1 aliphatic carbocycles. The number of nitrogens with zero attached hydrogens (tertiary/aromatic N) is 1. The second kappa shape index (κ2) is 6.19. The molecule has 0 aromatic heterocycles. The highest BCUT2D eigenvalue weighted by atomic mass is 16.3. The number of aliphatic hydroxyl groups is 1. The summed E-state index contributed by atoms with van der Waals surface area (Å²) < 4.78 is 0. The van der Waals surface area contributed by atoms with Crippen LogP contribution in [0.3, 0.4) is 0 Å². The van der Waals surface area contributed by atoms with Crippen LogP contribution < -0.4 is 0 Å². The lowest BCUT2D eigenvalue weighted by Gasteiger charge is -2.38. The Morgan fingerprint density at radius 2 is 1.82 bits per heavy atom. The number of hydrogen-bond acceptors (Lipinski definition) is 2. The van der Waals surface area contributed by atoms with Gasteiger partial charge in [0.15, 0.2) is 0 Å². The molecule has 17 heavy (non-hydrogen) atoms. The molecule has 0 amide bonds. The van der Waals surface area contributed by atoms with Gasteiger partial charge < -0.3 is 10.0 Å². The highest BCUT2D eigenvalue weighted by molar-refractivity contribution is 4.88. The van der Waals surface area contributed by atoms with Gasteiger partial charge in [0.1, 0.15) is 0 Å². The van der Waals surface area contributed by atoms with Gasteiger partial charge in [0.2, 0.25) is 0 Å². The first-order valence-corrected chi connectivity index (χ1v) is 7.61. The van der Waals surface area contributed by atoms with E-state index in [1.165, 1.54) is 64.5 Å².